The topological polar surface area (TPSA) is 98.3 Å². The Balaban J connectivity index is 2.06. The van der Waals surface area contributed by atoms with Gasteiger partial charge in [-0.25, -0.2) is 14.6 Å². The number of carbonyl (C=O) groups is 2. The average Bonchev–Trinajstić information content (AvgIpc) is 2.97. The van der Waals surface area contributed by atoms with E-state index in [9.17, 15) is 14.7 Å². The Morgan fingerprint density at radius 1 is 1.63 bits per heavy atom. The summed E-state index contributed by atoms with van der Waals surface area (Å²) in [6.07, 6.45) is 4.46. The normalized spacial score (nSPS) is 24.2. The fourth-order valence-corrected chi connectivity index (χ4v) is 2.36. The second-order valence-corrected chi connectivity index (χ2v) is 4.98. The van der Waals surface area contributed by atoms with E-state index in [0.717, 1.165) is 0 Å². The van der Waals surface area contributed by atoms with Crippen molar-refractivity contribution in [2.75, 3.05) is 6.54 Å². The van der Waals surface area contributed by atoms with E-state index in [1.165, 1.54) is 4.90 Å². The molecule has 0 aliphatic carbocycles. The summed E-state index contributed by atoms with van der Waals surface area (Å²) in [4.78, 5) is 31.9. The first-order valence-corrected chi connectivity index (χ1v) is 6.26. The van der Waals surface area contributed by atoms with E-state index in [0.29, 0.717) is 25.2 Å². The number of likely N-dealkylation sites (tertiary alicyclic amines) is 1. The van der Waals surface area contributed by atoms with Crippen LogP contribution in [-0.4, -0.2) is 44.1 Å². The van der Waals surface area contributed by atoms with Gasteiger partial charge in [0.05, 0.1) is 6.04 Å². The van der Waals surface area contributed by atoms with Gasteiger partial charge >= 0.3 is 12.0 Å². The third kappa shape index (κ3) is 2.40. The average molecular weight is 266 g/mol. The van der Waals surface area contributed by atoms with Gasteiger partial charge in [0, 0.05) is 18.9 Å². The van der Waals surface area contributed by atoms with Crippen molar-refractivity contribution in [2.45, 2.75) is 38.3 Å². The van der Waals surface area contributed by atoms with Gasteiger partial charge in [-0.3, -0.25) is 0 Å². The highest BCUT2D eigenvalue weighted by atomic mass is 16.4. The van der Waals surface area contributed by atoms with Gasteiger partial charge in [0.1, 0.15) is 11.4 Å². The van der Waals surface area contributed by atoms with Gasteiger partial charge in [0.2, 0.25) is 0 Å². The van der Waals surface area contributed by atoms with Gasteiger partial charge in [0.25, 0.3) is 0 Å². The van der Waals surface area contributed by atoms with Gasteiger partial charge < -0.3 is 20.3 Å². The Labute approximate surface area is 111 Å². The largest absolute Gasteiger partial charge is 0.480 e. The number of hydrogen-bond donors (Lipinski definition) is 3. The summed E-state index contributed by atoms with van der Waals surface area (Å²) in [5, 5.41) is 12.0. The van der Waals surface area contributed by atoms with Crippen molar-refractivity contribution in [2.24, 2.45) is 0 Å². The predicted octanol–water partition coefficient (Wildman–Crippen LogP) is 1.12. The molecule has 0 spiro atoms. The lowest BCUT2D eigenvalue weighted by molar-refractivity contribution is -0.147. The first kappa shape index (κ1) is 13.4. The Bertz CT molecular complexity index is 473. The number of aliphatic carboxylic acids is 1. The number of H-pyrrole nitrogens is 1. The summed E-state index contributed by atoms with van der Waals surface area (Å²) in [6.45, 7) is 3.84. The highest BCUT2D eigenvalue weighted by molar-refractivity contribution is 5.86. The van der Waals surface area contributed by atoms with Crippen molar-refractivity contribution in [3.8, 4) is 0 Å². The second kappa shape index (κ2) is 4.91. The van der Waals surface area contributed by atoms with Gasteiger partial charge in [0.15, 0.2) is 0 Å². The highest BCUT2D eigenvalue weighted by Gasteiger charge is 2.46. The van der Waals surface area contributed by atoms with E-state index in [-0.39, 0.29) is 12.1 Å². The van der Waals surface area contributed by atoms with Crippen LogP contribution >= 0.6 is 0 Å². The lowest BCUT2D eigenvalue weighted by atomic mass is 10.00. The molecule has 0 saturated carbocycles. The van der Waals surface area contributed by atoms with Gasteiger partial charge in [-0.2, -0.15) is 0 Å². The van der Waals surface area contributed by atoms with E-state index < -0.39 is 11.5 Å². The highest BCUT2D eigenvalue weighted by Crippen LogP contribution is 2.29. The number of urea groups is 1. The van der Waals surface area contributed by atoms with Crippen molar-refractivity contribution in [3.63, 3.8) is 0 Å². The molecule has 0 aromatic carbocycles. The molecular weight excluding hydrogens is 248 g/mol. The molecule has 1 aliphatic heterocycles. The number of carbonyl (C=O) groups excluding carboxylic acids is 1. The van der Waals surface area contributed by atoms with Crippen LogP contribution in [0.1, 0.15) is 38.6 Å². The number of nitrogens with zero attached hydrogens (tertiary/aromatic N) is 2. The lowest BCUT2D eigenvalue weighted by Crippen LogP contribution is -2.54. The number of hydrogen-bond acceptors (Lipinski definition) is 3. The van der Waals surface area contributed by atoms with Gasteiger partial charge in [-0.05, 0) is 26.7 Å². The standard InChI is InChI=1S/C12H18N4O3/c1-8(9-13-5-6-14-9)15-11(19)16-7-3-4-12(16,2)10(17)18/h5-6,8H,3-4,7H2,1-2H3,(H,13,14)(H,15,19)(H,17,18). The number of carboxylic acids is 1. The Morgan fingerprint density at radius 3 is 2.95 bits per heavy atom. The molecule has 1 fully saturated rings. The quantitative estimate of drug-likeness (QED) is 0.763. The molecule has 19 heavy (non-hydrogen) atoms. The fourth-order valence-electron chi connectivity index (χ4n) is 2.36. The molecule has 2 atom stereocenters. The van der Waals surface area contributed by atoms with E-state index in [4.69, 9.17) is 0 Å². The molecule has 2 rings (SSSR count). The molecule has 1 aromatic rings. The smallest absolute Gasteiger partial charge is 0.329 e. The lowest BCUT2D eigenvalue weighted by Gasteiger charge is -2.32. The third-order valence-electron chi connectivity index (χ3n) is 3.62. The zero-order valence-electron chi connectivity index (χ0n) is 11.0. The Morgan fingerprint density at radius 2 is 2.37 bits per heavy atom. The summed E-state index contributed by atoms with van der Waals surface area (Å²) in [6, 6.07) is -0.660. The molecule has 7 heteroatoms. The van der Waals surface area contributed by atoms with E-state index in [1.807, 2.05) is 0 Å². The first-order chi connectivity index (χ1) is 8.95. The second-order valence-electron chi connectivity index (χ2n) is 4.98. The van der Waals surface area contributed by atoms with Crippen molar-refractivity contribution < 1.29 is 14.7 Å². The maximum Gasteiger partial charge on any atom is 0.329 e. The maximum atomic E-state index is 12.2. The van der Waals surface area contributed by atoms with E-state index >= 15 is 0 Å². The fraction of sp³-hybridized carbons (Fsp3) is 0.583. The molecule has 0 radical (unpaired) electrons. The molecule has 0 bridgehead atoms. The molecule has 1 saturated heterocycles. The third-order valence-corrected chi connectivity index (χ3v) is 3.62. The minimum atomic E-state index is -1.12. The van der Waals surface area contributed by atoms with E-state index in [2.05, 4.69) is 15.3 Å². The molecule has 2 unspecified atom stereocenters. The van der Waals surface area contributed by atoms with Crippen LogP contribution in [0, 0.1) is 0 Å². The number of amides is 2. The van der Waals surface area contributed by atoms with Gasteiger partial charge in [-0.15, -0.1) is 0 Å². The molecular formula is C12H18N4O3. The molecule has 3 N–H and O–H groups in total. The molecule has 104 valence electrons. The summed E-state index contributed by atoms with van der Waals surface area (Å²) >= 11 is 0. The van der Waals surface area contributed by atoms with Crippen LogP contribution in [0.5, 0.6) is 0 Å². The minimum absolute atomic E-state index is 0.291. The van der Waals surface area contributed by atoms with Crippen molar-refractivity contribution in [1.29, 1.82) is 0 Å². The zero-order chi connectivity index (χ0) is 14.0. The summed E-state index contributed by atoms with van der Waals surface area (Å²) in [7, 11) is 0. The van der Waals surface area contributed by atoms with Crippen LogP contribution < -0.4 is 5.32 Å². The molecule has 2 amide bonds. The molecule has 7 nitrogen and oxygen atoms in total. The summed E-state index contributed by atoms with van der Waals surface area (Å²) < 4.78 is 0. The monoisotopic (exact) mass is 266 g/mol. The molecule has 2 heterocycles. The van der Waals surface area contributed by atoms with Crippen LogP contribution in [0.25, 0.3) is 0 Å². The first-order valence-electron chi connectivity index (χ1n) is 6.26. The van der Waals surface area contributed by atoms with Gasteiger partial charge in [-0.1, -0.05) is 0 Å². The summed E-state index contributed by atoms with van der Waals surface area (Å²) in [5.41, 5.74) is -1.12. The molecule has 1 aliphatic rings. The zero-order valence-corrected chi connectivity index (χ0v) is 11.0. The van der Waals surface area contributed by atoms with Crippen molar-refractivity contribution in [3.05, 3.63) is 18.2 Å². The molecule has 1 aromatic heterocycles. The SMILES string of the molecule is CC(NC(=O)N1CCCC1(C)C(=O)O)c1ncc[nH]1. The van der Waals surface area contributed by atoms with Crippen molar-refractivity contribution >= 4 is 12.0 Å². The number of nitrogens with one attached hydrogen (secondary N) is 2. The maximum absolute atomic E-state index is 12.2. The Kier molecular flexibility index (Phi) is 3.46. The van der Waals surface area contributed by atoms with Crippen LogP contribution in [0.4, 0.5) is 4.79 Å². The van der Waals surface area contributed by atoms with E-state index in [1.54, 1.807) is 26.2 Å². The number of carboxylic acid groups (broad SMARTS) is 1. The summed E-state index contributed by atoms with van der Waals surface area (Å²) in [5.74, 6) is -0.324. The Hall–Kier alpha value is -2.05. The number of aromatic nitrogens is 2. The van der Waals surface area contributed by atoms with Crippen LogP contribution in [0.15, 0.2) is 12.4 Å². The number of imidazole rings is 1. The van der Waals surface area contributed by atoms with Crippen molar-refractivity contribution in [1.82, 2.24) is 20.2 Å². The number of aromatic amines is 1. The predicted molar refractivity (Wildman–Crippen MR) is 67.5 cm³/mol. The minimum Gasteiger partial charge on any atom is -0.480 e. The number of rotatable bonds is 3. The van der Waals surface area contributed by atoms with Crippen LogP contribution in [0.3, 0.4) is 0 Å². The van der Waals surface area contributed by atoms with Crippen LogP contribution in [-0.2, 0) is 4.79 Å². The van der Waals surface area contributed by atoms with Crippen LogP contribution in [0.2, 0.25) is 0 Å².